The molecule has 1 aromatic heterocycles. The Labute approximate surface area is 146 Å². The lowest BCUT2D eigenvalue weighted by Gasteiger charge is -2.25. The molecule has 0 aliphatic carbocycles. The van der Waals surface area contributed by atoms with E-state index in [-0.39, 0.29) is 10.9 Å². The summed E-state index contributed by atoms with van der Waals surface area (Å²) in [7, 11) is -3.53. The first-order valence-electron chi connectivity index (χ1n) is 8.18. The van der Waals surface area contributed by atoms with Crippen molar-refractivity contribution in [1.82, 2.24) is 19.5 Å². The van der Waals surface area contributed by atoms with E-state index in [1.165, 1.54) is 0 Å². The molecule has 0 fully saturated rings. The molecule has 3 aromatic rings. The summed E-state index contributed by atoms with van der Waals surface area (Å²) in [4.78, 5) is 0.285. The first-order chi connectivity index (χ1) is 12.1. The second-order valence-corrected chi connectivity index (χ2v) is 7.80. The van der Waals surface area contributed by atoms with Gasteiger partial charge in [-0.25, -0.2) is 13.1 Å². The molecule has 7 heteroatoms. The van der Waals surface area contributed by atoms with Crippen LogP contribution in [0.25, 0.3) is 11.4 Å². The number of aryl methyl sites for hydroxylation is 1. The van der Waals surface area contributed by atoms with Crippen molar-refractivity contribution in [1.29, 1.82) is 0 Å². The molecule has 1 N–H and O–H groups in total. The molecule has 0 spiro atoms. The average molecular weight is 354 g/mol. The quantitative estimate of drug-likeness (QED) is 0.779. The molecule has 128 valence electrons. The molecular weight excluding hydrogens is 336 g/mol. The molecule has 2 aromatic carbocycles. The molecule has 1 atom stereocenters. The Hall–Kier alpha value is -2.51. The monoisotopic (exact) mass is 354 g/mol. The number of aromatic nitrogens is 3. The van der Waals surface area contributed by atoms with Gasteiger partial charge in [0, 0.05) is 24.6 Å². The zero-order valence-corrected chi connectivity index (χ0v) is 14.4. The van der Waals surface area contributed by atoms with Gasteiger partial charge in [-0.1, -0.05) is 48.5 Å². The van der Waals surface area contributed by atoms with Crippen LogP contribution in [0.15, 0.2) is 65.6 Å². The van der Waals surface area contributed by atoms with Gasteiger partial charge in [0.05, 0.1) is 4.90 Å². The lowest BCUT2D eigenvalue weighted by molar-refractivity contribution is 0.423. The predicted molar refractivity (Wildman–Crippen MR) is 94.3 cm³/mol. The minimum Gasteiger partial charge on any atom is -0.309 e. The Morgan fingerprint density at radius 3 is 2.36 bits per heavy atom. The minimum atomic E-state index is -3.53. The highest BCUT2D eigenvalue weighted by atomic mass is 32.2. The van der Waals surface area contributed by atoms with Crippen molar-refractivity contribution in [3.05, 3.63) is 66.5 Å². The third-order valence-electron chi connectivity index (χ3n) is 4.35. The van der Waals surface area contributed by atoms with Crippen LogP contribution in [-0.4, -0.2) is 29.2 Å². The van der Waals surface area contributed by atoms with Crippen LogP contribution >= 0.6 is 0 Å². The van der Waals surface area contributed by atoms with E-state index < -0.39 is 10.0 Å². The van der Waals surface area contributed by atoms with Gasteiger partial charge in [-0.2, -0.15) is 0 Å². The van der Waals surface area contributed by atoms with E-state index in [0.717, 1.165) is 17.2 Å². The molecule has 1 aliphatic heterocycles. The van der Waals surface area contributed by atoms with Crippen LogP contribution in [0.1, 0.15) is 12.2 Å². The van der Waals surface area contributed by atoms with Crippen LogP contribution in [0.2, 0.25) is 0 Å². The third kappa shape index (κ3) is 3.20. The van der Waals surface area contributed by atoms with Crippen LogP contribution in [-0.2, 0) is 23.0 Å². The summed E-state index contributed by atoms with van der Waals surface area (Å²) in [5.41, 5.74) is 0.979. The predicted octanol–water partition coefficient (Wildman–Crippen LogP) is 2.24. The molecule has 25 heavy (non-hydrogen) atoms. The standard InChI is InChI=1S/C18H18N4O2S/c23-25(24,16-9-5-2-6-10-16)21-15-11-12-17-19-20-18(22(17)13-15)14-7-3-1-4-8-14/h1-10,15,21H,11-13H2. The van der Waals surface area contributed by atoms with Crippen molar-refractivity contribution in [2.45, 2.75) is 30.3 Å². The van der Waals surface area contributed by atoms with Crippen LogP contribution in [0.5, 0.6) is 0 Å². The zero-order valence-electron chi connectivity index (χ0n) is 13.5. The fourth-order valence-corrected chi connectivity index (χ4v) is 4.39. The van der Waals surface area contributed by atoms with Gasteiger partial charge >= 0.3 is 0 Å². The van der Waals surface area contributed by atoms with Gasteiger partial charge in [0.15, 0.2) is 5.82 Å². The molecule has 0 saturated heterocycles. The molecule has 1 unspecified atom stereocenters. The van der Waals surface area contributed by atoms with Crippen molar-refractivity contribution < 1.29 is 8.42 Å². The summed E-state index contributed by atoms with van der Waals surface area (Å²) in [6.07, 6.45) is 1.40. The lowest BCUT2D eigenvalue weighted by atomic mass is 10.1. The summed E-state index contributed by atoms with van der Waals surface area (Å²) >= 11 is 0. The highest BCUT2D eigenvalue weighted by Crippen LogP contribution is 2.23. The summed E-state index contributed by atoms with van der Waals surface area (Å²) in [6.45, 7) is 0.526. The molecule has 0 amide bonds. The molecule has 2 heterocycles. The van der Waals surface area contributed by atoms with Gasteiger partial charge < -0.3 is 4.57 Å². The fourth-order valence-electron chi connectivity index (χ4n) is 3.11. The van der Waals surface area contributed by atoms with Gasteiger partial charge in [0.2, 0.25) is 10.0 Å². The zero-order chi connectivity index (χ0) is 17.3. The number of rotatable bonds is 4. The number of nitrogens with zero attached hydrogens (tertiary/aromatic N) is 3. The number of fused-ring (bicyclic) bond motifs is 1. The van der Waals surface area contributed by atoms with Crippen LogP contribution < -0.4 is 4.72 Å². The van der Waals surface area contributed by atoms with Gasteiger partial charge in [0.25, 0.3) is 0 Å². The van der Waals surface area contributed by atoms with E-state index in [2.05, 4.69) is 14.9 Å². The number of nitrogens with one attached hydrogen (secondary N) is 1. The van der Waals surface area contributed by atoms with Crippen LogP contribution in [0.3, 0.4) is 0 Å². The second kappa shape index (κ2) is 6.42. The van der Waals surface area contributed by atoms with Gasteiger partial charge in [-0.3, -0.25) is 0 Å². The van der Waals surface area contributed by atoms with E-state index in [0.29, 0.717) is 19.4 Å². The van der Waals surface area contributed by atoms with E-state index in [9.17, 15) is 8.42 Å². The van der Waals surface area contributed by atoms with E-state index in [1.807, 2.05) is 34.9 Å². The van der Waals surface area contributed by atoms with E-state index in [4.69, 9.17) is 0 Å². The molecule has 0 radical (unpaired) electrons. The topological polar surface area (TPSA) is 76.9 Å². The molecule has 0 saturated carbocycles. The summed E-state index contributed by atoms with van der Waals surface area (Å²) in [5.74, 6) is 1.67. The maximum atomic E-state index is 12.6. The highest BCUT2D eigenvalue weighted by Gasteiger charge is 2.27. The van der Waals surface area contributed by atoms with Crippen molar-refractivity contribution in [3.63, 3.8) is 0 Å². The number of hydrogen-bond donors (Lipinski definition) is 1. The first kappa shape index (κ1) is 16.0. The minimum absolute atomic E-state index is 0.184. The molecule has 1 aliphatic rings. The Morgan fingerprint density at radius 2 is 1.64 bits per heavy atom. The van der Waals surface area contributed by atoms with Gasteiger partial charge in [-0.05, 0) is 18.6 Å². The average Bonchev–Trinajstić information content (AvgIpc) is 3.06. The Morgan fingerprint density at radius 1 is 0.960 bits per heavy atom. The Bertz CT molecular complexity index is 969. The van der Waals surface area contributed by atoms with Crippen molar-refractivity contribution in [3.8, 4) is 11.4 Å². The van der Waals surface area contributed by atoms with Crippen LogP contribution in [0.4, 0.5) is 0 Å². The second-order valence-electron chi connectivity index (χ2n) is 6.09. The normalized spacial score (nSPS) is 17.2. The molecule has 4 rings (SSSR count). The number of sulfonamides is 1. The van der Waals surface area contributed by atoms with Gasteiger partial charge in [-0.15, -0.1) is 10.2 Å². The van der Waals surface area contributed by atoms with Crippen molar-refractivity contribution >= 4 is 10.0 Å². The fraction of sp³-hybridized carbons (Fsp3) is 0.222. The molecular formula is C18H18N4O2S. The Balaban J connectivity index is 1.58. The van der Waals surface area contributed by atoms with Crippen LogP contribution in [0, 0.1) is 0 Å². The molecule has 6 nitrogen and oxygen atoms in total. The number of hydrogen-bond acceptors (Lipinski definition) is 4. The Kier molecular flexibility index (Phi) is 4.10. The molecule has 0 bridgehead atoms. The summed E-state index contributed by atoms with van der Waals surface area (Å²) < 4.78 is 29.9. The van der Waals surface area contributed by atoms with Gasteiger partial charge in [0.1, 0.15) is 5.82 Å². The van der Waals surface area contributed by atoms with E-state index >= 15 is 0 Å². The first-order valence-corrected chi connectivity index (χ1v) is 9.67. The largest absolute Gasteiger partial charge is 0.309 e. The summed E-state index contributed by atoms with van der Waals surface area (Å²) in [5, 5.41) is 8.55. The maximum Gasteiger partial charge on any atom is 0.240 e. The maximum absolute atomic E-state index is 12.6. The number of benzene rings is 2. The van der Waals surface area contributed by atoms with Crippen molar-refractivity contribution in [2.75, 3.05) is 0 Å². The highest BCUT2D eigenvalue weighted by molar-refractivity contribution is 7.89. The SMILES string of the molecule is O=S(=O)(NC1CCc2nnc(-c3ccccc3)n2C1)c1ccccc1. The van der Waals surface area contributed by atoms with Crippen molar-refractivity contribution in [2.24, 2.45) is 0 Å². The summed E-state index contributed by atoms with van der Waals surface area (Å²) in [6, 6.07) is 18.1. The van der Waals surface area contributed by atoms with E-state index in [1.54, 1.807) is 30.3 Å². The third-order valence-corrected chi connectivity index (χ3v) is 5.89. The lowest BCUT2D eigenvalue weighted by Crippen LogP contribution is -2.41. The smallest absolute Gasteiger partial charge is 0.240 e.